The molecule has 0 saturated heterocycles. The van der Waals surface area contributed by atoms with Gasteiger partial charge in [0.2, 0.25) is 0 Å². The predicted octanol–water partition coefficient (Wildman–Crippen LogP) is 1.03. The minimum absolute atomic E-state index is 0.278. The molecule has 1 atom stereocenters. The number of hydrogen-bond donors (Lipinski definition) is 2. The molecule has 0 radical (unpaired) electrons. The van der Waals surface area contributed by atoms with Crippen LogP contribution in [0, 0.1) is 0 Å². The molecule has 1 rings (SSSR count). The lowest BCUT2D eigenvalue weighted by Crippen LogP contribution is -2.32. The van der Waals surface area contributed by atoms with Gasteiger partial charge in [-0.05, 0) is 18.6 Å². The number of carbonyl (C=O) groups excluding carboxylic acids is 1. The van der Waals surface area contributed by atoms with Crippen molar-refractivity contribution in [1.29, 1.82) is 0 Å². The second-order valence-corrected chi connectivity index (χ2v) is 3.70. The normalized spacial score (nSPS) is 12.2. The molecule has 0 aliphatic rings. The third-order valence-corrected chi connectivity index (χ3v) is 2.39. The minimum atomic E-state index is -0.394. The van der Waals surface area contributed by atoms with E-state index in [0.717, 1.165) is 0 Å². The molecule has 1 aromatic heterocycles. The second-order valence-electron chi connectivity index (χ2n) is 3.70. The smallest absolute Gasteiger partial charge is 0.406 e. The fourth-order valence-electron chi connectivity index (χ4n) is 1.42. The molecule has 90 valence electrons. The van der Waals surface area contributed by atoms with E-state index >= 15 is 0 Å². The summed E-state index contributed by atoms with van der Waals surface area (Å²) in [7, 11) is 3.35. The van der Waals surface area contributed by atoms with E-state index in [0.29, 0.717) is 13.1 Å². The van der Waals surface area contributed by atoms with Crippen LogP contribution in [-0.2, 0) is 11.8 Å². The first-order valence-electron chi connectivity index (χ1n) is 5.30. The van der Waals surface area contributed by atoms with E-state index in [1.165, 1.54) is 12.7 Å². The molecule has 0 aromatic carbocycles. The Hall–Kier alpha value is -1.49. The summed E-state index contributed by atoms with van der Waals surface area (Å²) in [5.74, 6) is 0. The number of carbonyl (C=O) groups is 1. The van der Waals surface area contributed by atoms with Crippen LogP contribution in [0.5, 0.6) is 0 Å². The predicted molar refractivity (Wildman–Crippen MR) is 62.2 cm³/mol. The van der Waals surface area contributed by atoms with Gasteiger partial charge in [-0.3, -0.25) is 0 Å². The zero-order valence-electron chi connectivity index (χ0n) is 9.99. The van der Waals surface area contributed by atoms with Gasteiger partial charge in [0.1, 0.15) is 0 Å². The Morgan fingerprint density at radius 3 is 2.88 bits per heavy atom. The Bertz CT molecular complexity index is 336. The number of nitrogens with zero attached hydrogens (tertiary/aromatic N) is 1. The highest BCUT2D eigenvalue weighted by molar-refractivity contribution is 5.66. The topological polar surface area (TPSA) is 55.3 Å². The summed E-state index contributed by atoms with van der Waals surface area (Å²) in [6, 6.07) is 2.35. The molecule has 2 N–H and O–H groups in total. The second kappa shape index (κ2) is 6.17. The minimum Gasteiger partial charge on any atom is -0.453 e. The summed E-state index contributed by atoms with van der Waals surface area (Å²) < 4.78 is 6.48. The summed E-state index contributed by atoms with van der Waals surface area (Å²) in [6.07, 6.45) is 3.69. The quantitative estimate of drug-likeness (QED) is 0.736. The van der Waals surface area contributed by atoms with Crippen molar-refractivity contribution in [1.82, 2.24) is 15.2 Å². The standard InChI is InChI=1S/C11H19N3O2/c1-9(10-4-7-14(2)8-10)12-5-6-13-11(15)16-3/h4,7-9,12H,5-6H2,1-3H3,(H,13,15). The van der Waals surface area contributed by atoms with Crippen LogP contribution in [0.25, 0.3) is 0 Å². The van der Waals surface area contributed by atoms with E-state index < -0.39 is 6.09 Å². The summed E-state index contributed by atoms with van der Waals surface area (Å²) in [5.41, 5.74) is 1.24. The van der Waals surface area contributed by atoms with Crippen LogP contribution in [0.15, 0.2) is 18.5 Å². The first-order chi connectivity index (χ1) is 7.63. The van der Waals surface area contributed by atoms with Crippen molar-refractivity contribution in [3.05, 3.63) is 24.0 Å². The van der Waals surface area contributed by atoms with Crippen LogP contribution in [0.4, 0.5) is 4.79 Å². The van der Waals surface area contributed by atoms with E-state index in [4.69, 9.17) is 0 Å². The summed E-state index contributed by atoms with van der Waals surface area (Å²) in [6.45, 7) is 3.36. The molecular weight excluding hydrogens is 206 g/mol. The van der Waals surface area contributed by atoms with Crippen LogP contribution in [0.3, 0.4) is 0 Å². The van der Waals surface area contributed by atoms with E-state index in [-0.39, 0.29) is 6.04 Å². The van der Waals surface area contributed by atoms with E-state index in [1.54, 1.807) is 0 Å². The van der Waals surface area contributed by atoms with Crippen LogP contribution >= 0.6 is 0 Å². The maximum Gasteiger partial charge on any atom is 0.406 e. The number of aromatic nitrogens is 1. The number of hydrogen-bond acceptors (Lipinski definition) is 3. The molecule has 16 heavy (non-hydrogen) atoms. The largest absolute Gasteiger partial charge is 0.453 e. The fourth-order valence-corrected chi connectivity index (χ4v) is 1.42. The van der Waals surface area contributed by atoms with Crippen LogP contribution in [0.1, 0.15) is 18.5 Å². The van der Waals surface area contributed by atoms with Crippen LogP contribution in [-0.4, -0.2) is 30.9 Å². The average molecular weight is 225 g/mol. The molecule has 0 fully saturated rings. The van der Waals surface area contributed by atoms with Gasteiger partial charge in [0.05, 0.1) is 7.11 Å². The molecule has 0 spiro atoms. The number of methoxy groups -OCH3 is 1. The van der Waals surface area contributed by atoms with Gasteiger partial charge in [0, 0.05) is 38.6 Å². The zero-order chi connectivity index (χ0) is 12.0. The molecule has 1 aromatic rings. The summed E-state index contributed by atoms with van der Waals surface area (Å²) in [5, 5.41) is 5.92. The van der Waals surface area contributed by atoms with Gasteiger partial charge >= 0.3 is 6.09 Å². The number of alkyl carbamates (subject to hydrolysis) is 1. The first kappa shape index (κ1) is 12.6. The highest BCUT2D eigenvalue weighted by atomic mass is 16.5. The Morgan fingerprint density at radius 2 is 2.31 bits per heavy atom. The number of rotatable bonds is 5. The number of ether oxygens (including phenoxy) is 1. The van der Waals surface area contributed by atoms with Crippen molar-refractivity contribution < 1.29 is 9.53 Å². The molecule has 0 aliphatic heterocycles. The van der Waals surface area contributed by atoms with Crippen molar-refractivity contribution in [3.8, 4) is 0 Å². The molecule has 1 heterocycles. The van der Waals surface area contributed by atoms with Gasteiger partial charge in [0.15, 0.2) is 0 Å². The number of nitrogens with one attached hydrogen (secondary N) is 2. The third kappa shape index (κ3) is 3.94. The molecule has 0 saturated carbocycles. The lowest BCUT2D eigenvalue weighted by Gasteiger charge is -2.12. The third-order valence-electron chi connectivity index (χ3n) is 2.39. The molecule has 1 amide bonds. The van der Waals surface area contributed by atoms with Crippen molar-refractivity contribution in [3.63, 3.8) is 0 Å². The number of amides is 1. The molecule has 5 heteroatoms. The zero-order valence-corrected chi connectivity index (χ0v) is 9.99. The Morgan fingerprint density at radius 1 is 1.56 bits per heavy atom. The highest BCUT2D eigenvalue weighted by Crippen LogP contribution is 2.10. The molecule has 5 nitrogen and oxygen atoms in total. The number of aryl methyl sites for hydroxylation is 1. The van der Waals surface area contributed by atoms with Crippen molar-refractivity contribution in [2.24, 2.45) is 7.05 Å². The van der Waals surface area contributed by atoms with Gasteiger partial charge in [0.25, 0.3) is 0 Å². The van der Waals surface area contributed by atoms with Gasteiger partial charge < -0.3 is 19.9 Å². The lowest BCUT2D eigenvalue weighted by atomic mass is 10.2. The van der Waals surface area contributed by atoms with Crippen LogP contribution < -0.4 is 10.6 Å². The SMILES string of the molecule is COC(=O)NCCNC(C)c1ccn(C)c1. The first-order valence-corrected chi connectivity index (χ1v) is 5.30. The highest BCUT2D eigenvalue weighted by Gasteiger charge is 2.05. The van der Waals surface area contributed by atoms with Crippen molar-refractivity contribution >= 4 is 6.09 Å². The van der Waals surface area contributed by atoms with Crippen molar-refractivity contribution in [2.75, 3.05) is 20.2 Å². The van der Waals surface area contributed by atoms with E-state index in [9.17, 15) is 4.79 Å². The van der Waals surface area contributed by atoms with Crippen LogP contribution in [0.2, 0.25) is 0 Å². The Kier molecular flexibility index (Phi) is 4.85. The monoisotopic (exact) mass is 225 g/mol. The maximum atomic E-state index is 10.8. The lowest BCUT2D eigenvalue weighted by molar-refractivity contribution is 0.171. The average Bonchev–Trinajstić information content (AvgIpc) is 2.70. The van der Waals surface area contributed by atoms with E-state index in [1.807, 2.05) is 17.8 Å². The van der Waals surface area contributed by atoms with Gasteiger partial charge in [-0.15, -0.1) is 0 Å². The maximum absolute atomic E-state index is 10.8. The van der Waals surface area contributed by atoms with E-state index in [2.05, 4.69) is 34.6 Å². The Labute approximate surface area is 95.8 Å². The summed E-state index contributed by atoms with van der Waals surface area (Å²) >= 11 is 0. The summed E-state index contributed by atoms with van der Waals surface area (Å²) in [4.78, 5) is 10.8. The molecule has 0 aliphatic carbocycles. The van der Waals surface area contributed by atoms with Gasteiger partial charge in [-0.2, -0.15) is 0 Å². The molecule has 0 bridgehead atoms. The fraction of sp³-hybridized carbons (Fsp3) is 0.545. The van der Waals surface area contributed by atoms with Crippen molar-refractivity contribution in [2.45, 2.75) is 13.0 Å². The Balaban J connectivity index is 2.20. The molecule has 1 unspecified atom stereocenters. The van der Waals surface area contributed by atoms with Gasteiger partial charge in [-0.1, -0.05) is 0 Å². The van der Waals surface area contributed by atoms with Gasteiger partial charge in [-0.25, -0.2) is 4.79 Å². The molecular formula is C11H19N3O2.